The molecule has 20 heavy (non-hydrogen) atoms. The first-order valence-corrected chi connectivity index (χ1v) is 7.33. The highest BCUT2D eigenvalue weighted by Gasteiger charge is 2.18. The molecule has 1 fully saturated rings. The lowest BCUT2D eigenvalue weighted by atomic mass is 9.92. The summed E-state index contributed by atoms with van der Waals surface area (Å²) in [6, 6.07) is 0. The lowest BCUT2D eigenvalue weighted by Crippen LogP contribution is -2.31. The highest BCUT2D eigenvalue weighted by molar-refractivity contribution is 5.81. The average Bonchev–Trinajstić information content (AvgIpc) is 2.44. The normalized spacial score (nSPS) is 18.9. The number of pyridine rings is 1. The fourth-order valence-corrected chi connectivity index (χ4v) is 2.93. The first kappa shape index (κ1) is 15.0. The molecule has 1 saturated heterocycles. The zero-order valence-corrected chi connectivity index (χ0v) is 12.7. The van der Waals surface area contributed by atoms with Crippen LogP contribution in [-0.4, -0.2) is 31.0 Å². The third kappa shape index (κ3) is 3.57. The van der Waals surface area contributed by atoms with Crippen LogP contribution in [0, 0.1) is 19.8 Å². The number of carbonyl (C=O) groups is 1. The standard InChI is InChI=1S/C16H24N2O2/c1-11-9-18-15(12(2)16(11)20-3)8-14(19)7-13-5-4-6-17-10-13/h9,13,17H,4-8,10H2,1-3H3. The minimum absolute atomic E-state index is 0.278. The minimum Gasteiger partial charge on any atom is -0.496 e. The molecule has 0 aliphatic carbocycles. The van der Waals surface area contributed by atoms with Gasteiger partial charge in [-0.3, -0.25) is 9.78 Å². The Morgan fingerprint density at radius 1 is 1.50 bits per heavy atom. The largest absolute Gasteiger partial charge is 0.496 e. The fourth-order valence-electron chi connectivity index (χ4n) is 2.93. The summed E-state index contributed by atoms with van der Waals surface area (Å²) in [6.07, 6.45) is 5.19. The molecule has 2 rings (SSSR count). The quantitative estimate of drug-likeness (QED) is 0.896. The molecule has 1 aliphatic heterocycles. The van der Waals surface area contributed by atoms with Gasteiger partial charge in [0.1, 0.15) is 11.5 Å². The van der Waals surface area contributed by atoms with E-state index >= 15 is 0 Å². The van der Waals surface area contributed by atoms with E-state index < -0.39 is 0 Å². The van der Waals surface area contributed by atoms with Gasteiger partial charge in [-0.25, -0.2) is 0 Å². The Labute approximate surface area is 120 Å². The van der Waals surface area contributed by atoms with Crippen molar-refractivity contribution in [2.75, 3.05) is 20.2 Å². The van der Waals surface area contributed by atoms with E-state index in [0.29, 0.717) is 18.8 Å². The third-order valence-corrected chi connectivity index (χ3v) is 4.03. The molecule has 1 aromatic rings. The number of ether oxygens (including phenoxy) is 1. The Kier molecular flexibility index (Phi) is 5.12. The van der Waals surface area contributed by atoms with Gasteiger partial charge >= 0.3 is 0 Å². The Balaban J connectivity index is 2.00. The summed E-state index contributed by atoms with van der Waals surface area (Å²) >= 11 is 0. The van der Waals surface area contributed by atoms with Crippen molar-refractivity contribution in [1.29, 1.82) is 0 Å². The van der Waals surface area contributed by atoms with Crippen molar-refractivity contribution in [3.05, 3.63) is 23.0 Å². The van der Waals surface area contributed by atoms with Gasteiger partial charge in [-0.2, -0.15) is 0 Å². The van der Waals surface area contributed by atoms with Gasteiger partial charge in [0.2, 0.25) is 0 Å². The predicted molar refractivity (Wildman–Crippen MR) is 79.2 cm³/mol. The van der Waals surface area contributed by atoms with Gasteiger partial charge in [0.05, 0.1) is 12.8 Å². The van der Waals surface area contributed by atoms with Gasteiger partial charge in [0.25, 0.3) is 0 Å². The Hall–Kier alpha value is -1.42. The maximum absolute atomic E-state index is 12.2. The highest BCUT2D eigenvalue weighted by atomic mass is 16.5. The van der Waals surface area contributed by atoms with Crippen molar-refractivity contribution in [3.63, 3.8) is 0 Å². The minimum atomic E-state index is 0.278. The maximum Gasteiger partial charge on any atom is 0.139 e. The number of nitrogens with one attached hydrogen (secondary N) is 1. The zero-order valence-electron chi connectivity index (χ0n) is 12.7. The summed E-state index contributed by atoms with van der Waals surface area (Å²) in [5, 5.41) is 3.35. The second-order valence-electron chi connectivity index (χ2n) is 5.68. The zero-order chi connectivity index (χ0) is 14.5. The first-order valence-electron chi connectivity index (χ1n) is 7.33. The van der Waals surface area contributed by atoms with Crippen LogP contribution in [0.4, 0.5) is 0 Å². The maximum atomic E-state index is 12.2. The first-order chi connectivity index (χ1) is 9.61. The topological polar surface area (TPSA) is 51.2 Å². The molecule has 1 atom stereocenters. The summed E-state index contributed by atoms with van der Waals surface area (Å²) in [4.78, 5) is 16.6. The van der Waals surface area contributed by atoms with Crippen LogP contribution in [0.15, 0.2) is 6.20 Å². The van der Waals surface area contributed by atoms with Crippen LogP contribution in [0.3, 0.4) is 0 Å². The van der Waals surface area contributed by atoms with E-state index in [1.807, 2.05) is 13.8 Å². The summed E-state index contributed by atoms with van der Waals surface area (Å²) in [5.74, 6) is 1.62. The molecule has 1 aromatic heterocycles. The number of methoxy groups -OCH3 is 1. The smallest absolute Gasteiger partial charge is 0.139 e. The average molecular weight is 276 g/mol. The van der Waals surface area contributed by atoms with Crippen LogP contribution in [0.25, 0.3) is 0 Å². The van der Waals surface area contributed by atoms with Crippen LogP contribution in [-0.2, 0) is 11.2 Å². The van der Waals surface area contributed by atoms with E-state index in [1.54, 1.807) is 13.3 Å². The molecular weight excluding hydrogens is 252 g/mol. The molecule has 2 heterocycles. The molecule has 0 aromatic carbocycles. The second-order valence-corrected chi connectivity index (χ2v) is 5.68. The van der Waals surface area contributed by atoms with Gasteiger partial charge in [0, 0.05) is 30.2 Å². The fraction of sp³-hybridized carbons (Fsp3) is 0.625. The summed E-state index contributed by atoms with van der Waals surface area (Å²) < 4.78 is 5.39. The van der Waals surface area contributed by atoms with Gasteiger partial charge < -0.3 is 10.1 Å². The van der Waals surface area contributed by atoms with Gasteiger partial charge in [-0.15, -0.1) is 0 Å². The lowest BCUT2D eigenvalue weighted by Gasteiger charge is -2.22. The highest BCUT2D eigenvalue weighted by Crippen LogP contribution is 2.25. The van der Waals surface area contributed by atoms with Gasteiger partial charge in [-0.05, 0) is 45.7 Å². The summed E-state index contributed by atoms with van der Waals surface area (Å²) in [7, 11) is 1.66. The van der Waals surface area contributed by atoms with Crippen LogP contribution >= 0.6 is 0 Å². The molecule has 110 valence electrons. The number of nitrogens with zero attached hydrogens (tertiary/aromatic N) is 1. The number of piperidine rings is 1. The number of carbonyl (C=O) groups excluding carboxylic acids is 1. The van der Waals surface area contributed by atoms with E-state index in [9.17, 15) is 4.79 Å². The van der Waals surface area contributed by atoms with Crippen molar-refractivity contribution in [2.24, 2.45) is 5.92 Å². The number of ketones is 1. The molecule has 0 saturated carbocycles. The number of aryl methyl sites for hydroxylation is 1. The Morgan fingerprint density at radius 2 is 2.30 bits per heavy atom. The van der Waals surface area contributed by atoms with Crippen molar-refractivity contribution < 1.29 is 9.53 Å². The number of rotatable bonds is 5. The number of hydrogen-bond donors (Lipinski definition) is 1. The van der Waals surface area contributed by atoms with E-state index in [0.717, 1.165) is 42.1 Å². The van der Waals surface area contributed by atoms with Crippen LogP contribution in [0.2, 0.25) is 0 Å². The Bertz CT molecular complexity index is 480. The molecule has 1 aliphatic rings. The third-order valence-electron chi connectivity index (χ3n) is 4.03. The monoisotopic (exact) mass is 276 g/mol. The SMILES string of the molecule is COc1c(C)cnc(CC(=O)CC2CCCNC2)c1C. The molecule has 0 spiro atoms. The predicted octanol–water partition coefficient (Wildman–Crippen LogP) is 2.21. The summed E-state index contributed by atoms with van der Waals surface area (Å²) in [5.41, 5.74) is 2.85. The molecule has 0 radical (unpaired) electrons. The second kappa shape index (κ2) is 6.84. The number of Topliss-reactive ketones (excluding diaryl/α,β-unsaturated/α-hetero) is 1. The van der Waals surface area contributed by atoms with Gasteiger partial charge in [0.15, 0.2) is 0 Å². The molecule has 0 amide bonds. The molecule has 4 heteroatoms. The van der Waals surface area contributed by atoms with E-state index in [4.69, 9.17) is 4.74 Å². The van der Waals surface area contributed by atoms with Crippen molar-refractivity contribution >= 4 is 5.78 Å². The van der Waals surface area contributed by atoms with Gasteiger partial charge in [-0.1, -0.05) is 0 Å². The van der Waals surface area contributed by atoms with Crippen molar-refractivity contribution in [1.82, 2.24) is 10.3 Å². The molecule has 1 N–H and O–H groups in total. The molecule has 4 nitrogen and oxygen atoms in total. The molecule has 0 bridgehead atoms. The van der Waals surface area contributed by atoms with Crippen LogP contribution < -0.4 is 10.1 Å². The van der Waals surface area contributed by atoms with Crippen molar-refractivity contribution in [3.8, 4) is 5.75 Å². The van der Waals surface area contributed by atoms with Crippen LogP contribution in [0.1, 0.15) is 36.1 Å². The van der Waals surface area contributed by atoms with Crippen LogP contribution in [0.5, 0.6) is 5.75 Å². The van der Waals surface area contributed by atoms with E-state index in [1.165, 1.54) is 6.42 Å². The van der Waals surface area contributed by atoms with Crippen molar-refractivity contribution in [2.45, 2.75) is 39.5 Å². The van der Waals surface area contributed by atoms with E-state index in [2.05, 4.69) is 10.3 Å². The number of hydrogen-bond acceptors (Lipinski definition) is 4. The summed E-state index contributed by atoms with van der Waals surface area (Å²) in [6.45, 7) is 6.00. The Morgan fingerprint density at radius 3 is 2.95 bits per heavy atom. The lowest BCUT2D eigenvalue weighted by molar-refractivity contribution is -0.119. The number of aromatic nitrogens is 1. The molecule has 1 unspecified atom stereocenters. The molecular formula is C16H24N2O2. The van der Waals surface area contributed by atoms with E-state index in [-0.39, 0.29) is 5.78 Å².